The van der Waals surface area contributed by atoms with Crippen molar-refractivity contribution in [1.82, 2.24) is 0 Å². The highest BCUT2D eigenvalue weighted by atomic mass is 16.3. The Labute approximate surface area is 267 Å². The van der Waals surface area contributed by atoms with E-state index in [9.17, 15) is 0 Å². The smallest absolute Gasteiger partial charge is 0.143 e. The molecule has 1 aliphatic carbocycles. The molecular formula is C45H30O. The van der Waals surface area contributed by atoms with Gasteiger partial charge in [-0.2, -0.15) is 0 Å². The van der Waals surface area contributed by atoms with Crippen molar-refractivity contribution in [3.8, 4) is 33.4 Å². The number of benzene rings is 8. The van der Waals surface area contributed by atoms with Crippen LogP contribution in [-0.4, -0.2) is 0 Å². The zero-order chi connectivity index (χ0) is 30.6. The summed E-state index contributed by atoms with van der Waals surface area (Å²) in [6.07, 6.45) is 0. The summed E-state index contributed by atoms with van der Waals surface area (Å²) in [6, 6.07) is 53.3. The Morgan fingerprint density at radius 1 is 0.457 bits per heavy atom. The van der Waals surface area contributed by atoms with E-state index in [1.165, 1.54) is 76.8 Å². The van der Waals surface area contributed by atoms with Crippen molar-refractivity contribution < 1.29 is 4.42 Å². The van der Waals surface area contributed by atoms with Crippen molar-refractivity contribution in [3.63, 3.8) is 0 Å². The molecule has 0 saturated carbocycles. The Hall–Kier alpha value is -5.66. The monoisotopic (exact) mass is 586 g/mol. The SMILES string of the molecule is CC1(C)c2cc(-c3cccc4oc5c6ccccc6ccc5c34)ccc2-c2c1c(-c1cccc3ccccc13)cc1ccccc21. The Balaban J connectivity index is 1.24. The van der Waals surface area contributed by atoms with Crippen molar-refractivity contribution in [3.05, 3.63) is 157 Å². The van der Waals surface area contributed by atoms with Crippen LogP contribution in [0.15, 0.2) is 150 Å². The second kappa shape index (κ2) is 9.19. The van der Waals surface area contributed by atoms with Gasteiger partial charge in [0.2, 0.25) is 0 Å². The first-order valence-corrected chi connectivity index (χ1v) is 16.1. The largest absolute Gasteiger partial charge is 0.455 e. The van der Waals surface area contributed by atoms with Crippen LogP contribution < -0.4 is 0 Å². The van der Waals surface area contributed by atoms with Gasteiger partial charge >= 0.3 is 0 Å². The summed E-state index contributed by atoms with van der Waals surface area (Å²) in [5.74, 6) is 0. The van der Waals surface area contributed by atoms with Crippen LogP contribution in [-0.2, 0) is 5.41 Å². The second-order valence-electron chi connectivity index (χ2n) is 13.3. The first kappa shape index (κ1) is 25.6. The molecule has 0 bridgehead atoms. The summed E-state index contributed by atoms with van der Waals surface area (Å²) in [7, 11) is 0. The van der Waals surface area contributed by atoms with Crippen LogP contribution in [0.2, 0.25) is 0 Å². The van der Waals surface area contributed by atoms with Gasteiger partial charge in [0.25, 0.3) is 0 Å². The third-order valence-electron chi connectivity index (χ3n) is 10.4. The summed E-state index contributed by atoms with van der Waals surface area (Å²) < 4.78 is 6.56. The highest BCUT2D eigenvalue weighted by Crippen LogP contribution is 2.56. The summed E-state index contributed by atoms with van der Waals surface area (Å²) in [4.78, 5) is 0. The second-order valence-corrected chi connectivity index (χ2v) is 13.3. The lowest BCUT2D eigenvalue weighted by molar-refractivity contribution is 0.663. The minimum Gasteiger partial charge on any atom is -0.455 e. The quantitative estimate of drug-likeness (QED) is 0.196. The predicted octanol–water partition coefficient (Wildman–Crippen LogP) is 12.7. The van der Waals surface area contributed by atoms with Gasteiger partial charge in [-0.15, -0.1) is 0 Å². The molecule has 216 valence electrons. The molecule has 0 spiro atoms. The topological polar surface area (TPSA) is 13.1 Å². The highest BCUT2D eigenvalue weighted by molar-refractivity contribution is 6.19. The maximum absolute atomic E-state index is 6.56. The molecule has 46 heavy (non-hydrogen) atoms. The average molecular weight is 587 g/mol. The molecule has 0 atom stereocenters. The maximum atomic E-state index is 6.56. The van der Waals surface area contributed by atoms with Gasteiger partial charge in [-0.05, 0) is 95.7 Å². The Morgan fingerprint density at radius 2 is 1.13 bits per heavy atom. The lowest BCUT2D eigenvalue weighted by Crippen LogP contribution is -2.16. The van der Waals surface area contributed by atoms with Crippen LogP contribution in [0.1, 0.15) is 25.0 Å². The van der Waals surface area contributed by atoms with Crippen molar-refractivity contribution >= 4 is 54.3 Å². The van der Waals surface area contributed by atoms with Gasteiger partial charge in [-0.25, -0.2) is 0 Å². The lowest BCUT2D eigenvalue weighted by Gasteiger charge is -2.26. The third-order valence-corrected chi connectivity index (χ3v) is 10.4. The van der Waals surface area contributed by atoms with E-state index in [0.29, 0.717) is 0 Å². The van der Waals surface area contributed by atoms with Crippen LogP contribution in [0.25, 0.3) is 87.6 Å². The first-order chi connectivity index (χ1) is 22.6. The summed E-state index contributed by atoms with van der Waals surface area (Å²) in [5, 5.41) is 9.85. The van der Waals surface area contributed by atoms with Crippen LogP contribution in [0, 0.1) is 0 Å². The molecule has 1 heteroatoms. The Kier molecular flexibility index (Phi) is 5.12. The number of fused-ring (bicyclic) bond motifs is 11. The van der Waals surface area contributed by atoms with Crippen molar-refractivity contribution in [1.29, 1.82) is 0 Å². The number of furan rings is 1. The number of hydrogen-bond donors (Lipinski definition) is 0. The summed E-state index contributed by atoms with van der Waals surface area (Å²) >= 11 is 0. The lowest BCUT2D eigenvalue weighted by atomic mass is 9.77. The van der Waals surface area contributed by atoms with E-state index in [2.05, 4.69) is 159 Å². The van der Waals surface area contributed by atoms with Gasteiger partial charge < -0.3 is 4.42 Å². The van der Waals surface area contributed by atoms with Crippen LogP contribution in [0.4, 0.5) is 0 Å². The van der Waals surface area contributed by atoms with E-state index in [1.807, 2.05) is 0 Å². The molecule has 10 rings (SSSR count). The zero-order valence-corrected chi connectivity index (χ0v) is 25.8. The maximum Gasteiger partial charge on any atom is 0.143 e. The molecule has 1 aromatic heterocycles. The van der Waals surface area contributed by atoms with Crippen molar-refractivity contribution in [2.75, 3.05) is 0 Å². The minimum atomic E-state index is -0.209. The zero-order valence-electron chi connectivity index (χ0n) is 25.8. The van der Waals surface area contributed by atoms with E-state index in [-0.39, 0.29) is 5.41 Å². The molecule has 1 heterocycles. The third kappa shape index (κ3) is 3.40. The van der Waals surface area contributed by atoms with E-state index < -0.39 is 0 Å². The average Bonchev–Trinajstić information content (AvgIpc) is 3.60. The van der Waals surface area contributed by atoms with Gasteiger partial charge in [0, 0.05) is 21.6 Å². The van der Waals surface area contributed by atoms with Crippen LogP contribution in [0.5, 0.6) is 0 Å². The Morgan fingerprint density at radius 3 is 1.98 bits per heavy atom. The van der Waals surface area contributed by atoms with Crippen LogP contribution in [0.3, 0.4) is 0 Å². The van der Waals surface area contributed by atoms with Gasteiger partial charge in [0.15, 0.2) is 0 Å². The molecular weight excluding hydrogens is 556 g/mol. The van der Waals surface area contributed by atoms with E-state index in [1.54, 1.807) is 0 Å². The summed E-state index contributed by atoms with van der Waals surface area (Å²) in [5.41, 5.74) is 12.2. The molecule has 0 saturated heterocycles. The van der Waals surface area contributed by atoms with Crippen molar-refractivity contribution in [2.45, 2.75) is 19.3 Å². The molecule has 8 aromatic carbocycles. The molecule has 0 radical (unpaired) electrons. The van der Waals surface area contributed by atoms with Gasteiger partial charge in [0.1, 0.15) is 11.2 Å². The molecule has 1 aliphatic rings. The van der Waals surface area contributed by atoms with Gasteiger partial charge in [-0.1, -0.05) is 135 Å². The molecule has 0 N–H and O–H groups in total. The minimum absolute atomic E-state index is 0.209. The molecule has 1 nitrogen and oxygen atoms in total. The normalized spacial score (nSPS) is 13.6. The molecule has 0 amide bonds. The Bertz CT molecular complexity index is 2720. The van der Waals surface area contributed by atoms with Crippen LogP contribution >= 0.6 is 0 Å². The summed E-state index contributed by atoms with van der Waals surface area (Å²) in [6.45, 7) is 4.82. The van der Waals surface area contributed by atoms with E-state index in [4.69, 9.17) is 4.42 Å². The van der Waals surface area contributed by atoms with Gasteiger partial charge in [0.05, 0.1) is 0 Å². The molecule has 9 aromatic rings. The molecule has 0 fully saturated rings. The molecule has 0 aliphatic heterocycles. The molecule has 0 unspecified atom stereocenters. The highest BCUT2D eigenvalue weighted by Gasteiger charge is 2.39. The fraction of sp³-hybridized carbons (Fsp3) is 0.0667. The fourth-order valence-corrected chi connectivity index (χ4v) is 8.33. The standard InChI is InChI=1S/C45H30O/c1-45(2)39-26-30(32-18-10-20-40-41(32)37-24-21-28-12-4-8-17-34(28)44(37)46-40)22-23-36(39)42-33-16-7-5-13-29(33)25-38(43(42)45)35-19-9-14-27-11-3-6-15-31(27)35/h3-26H,1-2H3. The van der Waals surface area contributed by atoms with E-state index >= 15 is 0 Å². The number of hydrogen-bond acceptors (Lipinski definition) is 1. The fourth-order valence-electron chi connectivity index (χ4n) is 8.33. The van der Waals surface area contributed by atoms with Gasteiger partial charge in [-0.3, -0.25) is 0 Å². The van der Waals surface area contributed by atoms with E-state index in [0.717, 1.165) is 21.9 Å². The number of rotatable bonds is 2. The van der Waals surface area contributed by atoms with Crippen molar-refractivity contribution in [2.24, 2.45) is 0 Å². The first-order valence-electron chi connectivity index (χ1n) is 16.1. The predicted molar refractivity (Wildman–Crippen MR) is 195 cm³/mol.